The van der Waals surface area contributed by atoms with Crippen LogP contribution in [0.3, 0.4) is 0 Å². The maximum Gasteiger partial charge on any atom is 0.226 e. The Morgan fingerprint density at radius 3 is 2.65 bits per heavy atom. The second-order valence-corrected chi connectivity index (χ2v) is 6.32. The molecule has 1 fully saturated rings. The van der Waals surface area contributed by atoms with Gasteiger partial charge in [0.2, 0.25) is 11.8 Å². The Bertz CT molecular complexity index is 736. The molecule has 26 heavy (non-hydrogen) atoms. The van der Waals surface area contributed by atoms with Crippen molar-refractivity contribution in [2.75, 3.05) is 20.3 Å². The van der Waals surface area contributed by atoms with Crippen molar-refractivity contribution in [3.05, 3.63) is 66.0 Å². The molecule has 0 unspecified atom stereocenters. The van der Waals surface area contributed by atoms with E-state index in [1.807, 2.05) is 42.5 Å². The summed E-state index contributed by atoms with van der Waals surface area (Å²) in [7, 11) is 1.61. The van der Waals surface area contributed by atoms with Gasteiger partial charge >= 0.3 is 0 Å². The number of methoxy groups -OCH3 is 1. The van der Waals surface area contributed by atoms with E-state index in [4.69, 9.17) is 4.74 Å². The van der Waals surface area contributed by atoms with Crippen LogP contribution in [-0.2, 0) is 20.9 Å². The molecular formula is C20H23N3O3. The molecule has 0 spiro atoms. The molecular weight excluding hydrogens is 330 g/mol. The number of nitrogens with zero attached hydrogens (tertiary/aromatic N) is 2. The van der Waals surface area contributed by atoms with E-state index < -0.39 is 5.92 Å². The van der Waals surface area contributed by atoms with Gasteiger partial charge < -0.3 is 15.0 Å². The zero-order valence-corrected chi connectivity index (χ0v) is 14.8. The summed E-state index contributed by atoms with van der Waals surface area (Å²) in [4.78, 5) is 31.1. The number of carbonyl (C=O) groups excluding carboxylic acids is 2. The van der Waals surface area contributed by atoms with E-state index in [0.29, 0.717) is 19.7 Å². The quantitative estimate of drug-likeness (QED) is 0.826. The van der Waals surface area contributed by atoms with Gasteiger partial charge in [-0.1, -0.05) is 30.3 Å². The molecule has 1 aliphatic rings. The van der Waals surface area contributed by atoms with Crippen molar-refractivity contribution in [3.8, 4) is 0 Å². The van der Waals surface area contributed by atoms with E-state index in [1.165, 1.54) is 0 Å². The molecule has 1 aromatic heterocycles. The number of carbonyl (C=O) groups is 2. The van der Waals surface area contributed by atoms with Crippen LogP contribution in [0.25, 0.3) is 0 Å². The van der Waals surface area contributed by atoms with E-state index in [2.05, 4.69) is 10.3 Å². The normalized spacial score (nSPS) is 19.6. The summed E-state index contributed by atoms with van der Waals surface area (Å²) in [6.45, 7) is 1.34. The molecule has 2 amide bonds. The van der Waals surface area contributed by atoms with Crippen LogP contribution in [-0.4, -0.2) is 42.0 Å². The average molecular weight is 353 g/mol. The second-order valence-electron chi connectivity index (χ2n) is 6.32. The lowest BCUT2D eigenvalue weighted by atomic mass is 9.92. The van der Waals surface area contributed by atoms with E-state index in [1.54, 1.807) is 24.4 Å². The highest BCUT2D eigenvalue weighted by Crippen LogP contribution is 2.38. The van der Waals surface area contributed by atoms with Gasteiger partial charge in [-0.3, -0.25) is 14.6 Å². The van der Waals surface area contributed by atoms with Crippen molar-refractivity contribution in [1.29, 1.82) is 0 Å². The molecule has 2 atom stereocenters. The number of hydrogen-bond acceptors (Lipinski definition) is 4. The van der Waals surface area contributed by atoms with Crippen LogP contribution in [0.5, 0.6) is 0 Å². The molecule has 1 N–H and O–H groups in total. The maximum absolute atomic E-state index is 12.8. The fourth-order valence-corrected chi connectivity index (χ4v) is 3.36. The predicted octanol–water partition coefficient (Wildman–Crippen LogP) is 1.93. The molecule has 1 aromatic carbocycles. The SMILES string of the molecule is COCCN1C(=O)C[C@@H](C(=O)NCc2ccncc2)[C@@H]1c1ccccc1. The lowest BCUT2D eigenvalue weighted by Gasteiger charge is -2.28. The Morgan fingerprint density at radius 2 is 1.96 bits per heavy atom. The molecule has 136 valence electrons. The molecule has 0 saturated carbocycles. The largest absolute Gasteiger partial charge is 0.383 e. The van der Waals surface area contributed by atoms with Gasteiger partial charge in [0.1, 0.15) is 0 Å². The predicted molar refractivity (Wildman–Crippen MR) is 97.0 cm³/mol. The minimum Gasteiger partial charge on any atom is -0.383 e. The molecule has 2 heterocycles. The summed E-state index contributed by atoms with van der Waals surface area (Å²) in [5.74, 6) is -0.535. The standard InChI is InChI=1S/C20H23N3O3/c1-26-12-11-23-18(24)13-17(19(23)16-5-3-2-4-6-16)20(25)22-14-15-7-9-21-10-8-15/h2-10,17,19H,11-14H2,1H3,(H,22,25)/t17-,19+/m1/s1. The number of nitrogens with one attached hydrogen (secondary N) is 1. The third-order valence-electron chi connectivity index (χ3n) is 4.66. The highest BCUT2D eigenvalue weighted by atomic mass is 16.5. The van der Waals surface area contributed by atoms with Crippen molar-refractivity contribution in [2.24, 2.45) is 5.92 Å². The van der Waals surface area contributed by atoms with Crippen LogP contribution in [0.4, 0.5) is 0 Å². The minimum atomic E-state index is -0.413. The van der Waals surface area contributed by atoms with Crippen LogP contribution in [0, 0.1) is 5.92 Å². The lowest BCUT2D eigenvalue weighted by molar-refractivity contribution is -0.129. The highest BCUT2D eigenvalue weighted by Gasteiger charge is 2.44. The van der Waals surface area contributed by atoms with Gasteiger partial charge in [-0.25, -0.2) is 0 Å². The molecule has 0 radical (unpaired) electrons. The first-order valence-corrected chi connectivity index (χ1v) is 8.70. The Hall–Kier alpha value is -2.73. The number of amides is 2. The molecule has 1 saturated heterocycles. The molecule has 6 nitrogen and oxygen atoms in total. The highest BCUT2D eigenvalue weighted by molar-refractivity contribution is 5.90. The first kappa shape index (κ1) is 18.1. The first-order valence-electron chi connectivity index (χ1n) is 8.70. The number of aromatic nitrogens is 1. The van der Waals surface area contributed by atoms with Crippen LogP contribution < -0.4 is 5.32 Å². The number of pyridine rings is 1. The van der Waals surface area contributed by atoms with Gasteiger partial charge in [0.05, 0.1) is 18.6 Å². The van der Waals surface area contributed by atoms with Crippen LogP contribution >= 0.6 is 0 Å². The van der Waals surface area contributed by atoms with E-state index in [9.17, 15) is 9.59 Å². The topological polar surface area (TPSA) is 71.5 Å². The van der Waals surface area contributed by atoms with Gasteiger partial charge in [-0.05, 0) is 23.3 Å². The zero-order valence-electron chi connectivity index (χ0n) is 14.8. The number of rotatable bonds is 7. The summed E-state index contributed by atoms with van der Waals surface area (Å²) < 4.78 is 5.14. The summed E-state index contributed by atoms with van der Waals surface area (Å²) in [6.07, 6.45) is 3.60. The number of ether oxygens (including phenoxy) is 1. The fraction of sp³-hybridized carbons (Fsp3) is 0.350. The number of benzene rings is 1. The Morgan fingerprint density at radius 1 is 1.23 bits per heavy atom. The van der Waals surface area contributed by atoms with Crippen LogP contribution in [0.1, 0.15) is 23.6 Å². The molecule has 2 aromatic rings. The van der Waals surface area contributed by atoms with Gasteiger partial charge in [0.25, 0.3) is 0 Å². The van der Waals surface area contributed by atoms with Gasteiger partial charge in [0, 0.05) is 39.0 Å². The molecule has 0 aliphatic carbocycles. The molecule has 1 aliphatic heterocycles. The third-order valence-corrected chi connectivity index (χ3v) is 4.66. The van der Waals surface area contributed by atoms with Gasteiger partial charge in [-0.2, -0.15) is 0 Å². The number of hydrogen-bond donors (Lipinski definition) is 1. The third kappa shape index (κ3) is 4.08. The lowest BCUT2D eigenvalue weighted by Crippen LogP contribution is -2.36. The summed E-state index contributed by atoms with van der Waals surface area (Å²) in [5, 5.41) is 2.96. The molecule has 0 bridgehead atoms. The maximum atomic E-state index is 12.8. The second kappa shape index (κ2) is 8.58. The van der Waals surface area contributed by atoms with Crippen molar-refractivity contribution in [3.63, 3.8) is 0 Å². The van der Waals surface area contributed by atoms with Crippen molar-refractivity contribution in [2.45, 2.75) is 19.0 Å². The average Bonchev–Trinajstić information content (AvgIpc) is 3.02. The minimum absolute atomic E-state index is 0.0139. The Balaban J connectivity index is 1.77. The first-order chi connectivity index (χ1) is 12.7. The van der Waals surface area contributed by atoms with Gasteiger partial charge in [0.15, 0.2) is 0 Å². The smallest absolute Gasteiger partial charge is 0.226 e. The van der Waals surface area contributed by atoms with Gasteiger partial charge in [-0.15, -0.1) is 0 Å². The van der Waals surface area contributed by atoms with Crippen molar-refractivity contribution < 1.29 is 14.3 Å². The van der Waals surface area contributed by atoms with E-state index >= 15 is 0 Å². The summed E-state index contributed by atoms with van der Waals surface area (Å²) in [6, 6.07) is 13.2. The summed E-state index contributed by atoms with van der Waals surface area (Å²) >= 11 is 0. The van der Waals surface area contributed by atoms with E-state index in [-0.39, 0.29) is 24.3 Å². The zero-order chi connectivity index (χ0) is 18.4. The fourth-order valence-electron chi connectivity index (χ4n) is 3.36. The molecule has 6 heteroatoms. The monoisotopic (exact) mass is 353 g/mol. The van der Waals surface area contributed by atoms with Crippen molar-refractivity contribution in [1.82, 2.24) is 15.2 Å². The Labute approximate surface area is 153 Å². The van der Waals surface area contributed by atoms with Crippen molar-refractivity contribution >= 4 is 11.8 Å². The molecule has 3 rings (SSSR count). The number of likely N-dealkylation sites (tertiary alicyclic amines) is 1. The Kier molecular flexibility index (Phi) is 5.96. The van der Waals surface area contributed by atoms with Crippen LogP contribution in [0.15, 0.2) is 54.9 Å². The summed E-state index contributed by atoms with van der Waals surface area (Å²) in [5.41, 5.74) is 1.95. The van der Waals surface area contributed by atoms with Crippen LogP contribution in [0.2, 0.25) is 0 Å². The van der Waals surface area contributed by atoms with E-state index in [0.717, 1.165) is 11.1 Å².